The predicted octanol–water partition coefficient (Wildman–Crippen LogP) is 3.70. The molecule has 1 fully saturated rings. The highest BCUT2D eigenvalue weighted by Gasteiger charge is 2.26. The largest absolute Gasteiger partial charge is 0.326 e. The number of hydrogen-bond donors (Lipinski definition) is 2. The van der Waals surface area contributed by atoms with Crippen LogP contribution in [0.4, 0.5) is 5.69 Å². The number of amides is 1. The molecule has 0 atom stereocenters. The van der Waals surface area contributed by atoms with Crippen molar-refractivity contribution in [1.29, 1.82) is 0 Å². The van der Waals surface area contributed by atoms with Crippen LogP contribution < -0.4 is 10.6 Å². The average molecular weight is 274 g/mol. The Kier molecular flexibility index (Phi) is 4.81. The average Bonchev–Trinajstić information content (AvgIpc) is 2.38. The molecule has 1 aliphatic rings. The lowest BCUT2D eigenvalue weighted by atomic mass is 9.75. The Bertz CT molecular complexity index is 458. The monoisotopic (exact) mass is 274 g/mol. The van der Waals surface area contributed by atoms with Crippen LogP contribution in [0.25, 0.3) is 0 Å². The van der Waals surface area contributed by atoms with Crippen molar-refractivity contribution >= 4 is 11.6 Å². The summed E-state index contributed by atoms with van der Waals surface area (Å²) in [4.78, 5) is 11.2. The maximum atomic E-state index is 11.2. The molecule has 1 saturated carbocycles. The van der Waals surface area contributed by atoms with Crippen LogP contribution in [0.2, 0.25) is 0 Å². The molecule has 20 heavy (non-hydrogen) atoms. The van der Waals surface area contributed by atoms with Crippen LogP contribution in [0.15, 0.2) is 24.3 Å². The maximum Gasteiger partial charge on any atom is 0.221 e. The second kappa shape index (κ2) is 6.40. The first-order valence-electron chi connectivity index (χ1n) is 7.55. The summed E-state index contributed by atoms with van der Waals surface area (Å²) in [5.41, 5.74) is 2.59. The summed E-state index contributed by atoms with van der Waals surface area (Å²) in [5.74, 6) is -0.0168. The summed E-state index contributed by atoms with van der Waals surface area (Å²) >= 11 is 0. The van der Waals surface area contributed by atoms with Crippen molar-refractivity contribution in [2.24, 2.45) is 5.41 Å². The van der Waals surface area contributed by atoms with Crippen molar-refractivity contribution in [2.75, 3.05) is 5.32 Å². The normalized spacial score (nSPS) is 18.8. The van der Waals surface area contributed by atoms with E-state index >= 15 is 0 Å². The van der Waals surface area contributed by atoms with Crippen LogP contribution in [0.3, 0.4) is 0 Å². The van der Waals surface area contributed by atoms with Crippen molar-refractivity contribution in [2.45, 2.75) is 59.0 Å². The molecule has 0 aliphatic heterocycles. The molecule has 0 radical (unpaired) electrons. The molecule has 1 aromatic carbocycles. The van der Waals surface area contributed by atoms with E-state index in [1.807, 2.05) is 18.2 Å². The number of para-hydroxylation sites is 1. The maximum absolute atomic E-state index is 11.2. The third-order valence-electron chi connectivity index (χ3n) is 4.25. The Morgan fingerprint density at radius 3 is 2.55 bits per heavy atom. The van der Waals surface area contributed by atoms with Gasteiger partial charge < -0.3 is 10.6 Å². The number of benzene rings is 1. The molecule has 0 saturated heterocycles. The highest BCUT2D eigenvalue weighted by atomic mass is 16.1. The summed E-state index contributed by atoms with van der Waals surface area (Å²) in [7, 11) is 0. The summed E-state index contributed by atoms with van der Waals surface area (Å²) in [6.07, 6.45) is 5.07. The first kappa shape index (κ1) is 15.0. The zero-order chi connectivity index (χ0) is 14.6. The zero-order valence-electron chi connectivity index (χ0n) is 12.8. The van der Waals surface area contributed by atoms with E-state index in [1.54, 1.807) is 6.92 Å². The van der Waals surface area contributed by atoms with E-state index in [-0.39, 0.29) is 5.91 Å². The van der Waals surface area contributed by atoms with E-state index < -0.39 is 0 Å². The molecule has 1 aliphatic carbocycles. The van der Waals surface area contributed by atoms with E-state index in [1.165, 1.54) is 25.7 Å². The molecular weight excluding hydrogens is 248 g/mol. The molecule has 1 aromatic rings. The Balaban J connectivity index is 1.90. The molecule has 3 heteroatoms. The van der Waals surface area contributed by atoms with Gasteiger partial charge in [0.1, 0.15) is 0 Å². The lowest BCUT2D eigenvalue weighted by Crippen LogP contribution is -2.35. The number of carbonyl (C=O) groups is 1. The van der Waals surface area contributed by atoms with Gasteiger partial charge in [-0.1, -0.05) is 32.0 Å². The Morgan fingerprint density at radius 2 is 1.90 bits per heavy atom. The molecule has 0 unspecified atom stereocenters. The van der Waals surface area contributed by atoms with Gasteiger partial charge in [0.05, 0.1) is 0 Å². The highest BCUT2D eigenvalue weighted by Crippen LogP contribution is 2.35. The Morgan fingerprint density at radius 1 is 1.25 bits per heavy atom. The molecule has 0 aromatic heterocycles. The van der Waals surface area contributed by atoms with Crippen molar-refractivity contribution in [3.05, 3.63) is 29.8 Å². The molecule has 0 spiro atoms. The summed E-state index contributed by atoms with van der Waals surface area (Å²) in [6, 6.07) is 8.62. The summed E-state index contributed by atoms with van der Waals surface area (Å²) in [5, 5.41) is 6.53. The second-order valence-corrected chi connectivity index (χ2v) is 6.66. The standard InChI is InChI=1S/C17H26N2O/c1-13(20)19-16-7-5-4-6-14(16)12-18-15-8-10-17(2,3)11-9-15/h4-7,15,18H,8-12H2,1-3H3,(H,19,20). The fourth-order valence-electron chi connectivity index (χ4n) is 2.84. The fourth-order valence-corrected chi connectivity index (χ4v) is 2.84. The van der Waals surface area contributed by atoms with Gasteiger partial charge in [0, 0.05) is 25.2 Å². The lowest BCUT2D eigenvalue weighted by Gasteiger charge is -2.34. The highest BCUT2D eigenvalue weighted by molar-refractivity contribution is 5.89. The van der Waals surface area contributed by atoms with E-state index in [4.69, 9.17) is 0 Å². The second-order valence-electron chi connectivity index (χ2n) is 6.66. The third-order valence-corrected chi connectivity index (χ3v) is 4.25. The topological polar surface area (TPSA) is 41.1 Å². The smallest absolute Gasteiger partial charge is 0.221 e. The fraction of sp³-hybridized carbons (Fsp3) is 0.588. The quantitative estimate of drug-likeness (QED) is 0.879. The van der Waals surface area contributed by atoms with Gasteiger partial charge in [-0.3, -0.25) is 4.79 Å². The third kappa shape index (κ3) is 4.34. The molecule has 0 bridgehead atoms. The zero-order valence-corrected chi connectivity index (χ0v) is 12.8. The minimum absolute atomic E-state index is 0.0168. The van der Waals surface area contributed by atoms with Crippen molar-refractivity contribution < 1.29 is 4.79 Å². The van der Waals surface area contributed by atoms with Gasteiger partial charge in [-0.2, -0.15) is 0 Å². The molecule has 3 nitrogen and oxygen atoms in total. The SMILES string of the molecule is CC(=O)Nc1ccccc1CNC1CCC(C)(C)CC1. The van der Waals surface area contributed by atoms with Crippen LogP contribution in [0.1, 0.15) is 52.0 Å². The van der Waals surface area contributed by atoms with E-state index in [0.717, 1.165) is 17.8 Å². The summed E-state index contributed by atoms with van der Waals surface area (Å²) in [6.45, 7) is 7.08. The van der Waals surface area contributed by atoms with E-state index in [0.29, 0.717) is 11.5 Å². The molecule has 2 rings (SSSR count). The molecule has 2 N–H and O–H groups in total. The molecule has 1 amide bonds. The van der Waals surface area contributed by atoms with Crippen LogP contribution in [-0.2, 0) is 11.3 Å². The van der Waals surface area contributed by atoms with Crippen LogP contribution in [0.5, 0.6) is 0 Å². The number of rotatable bonds is 4. The van der Waals surface area contributed by atoms with E-state index in [9.17, 15) is 4.79 Å². The van der Waals surface area contributed by atoms with E-state index in [2.05, 4.69) is 30.5 Å². The Hall–Kier alpha value is -1.35. The van der Waals surface area contributed by atoms with Gasteiger partial charge in [0.15, 0.2) is 0 Å². The minimum Gasteiger partial charge on any atom is -0.326 e. The van der Waals surface area contributed by atoms with Crippen molar-refractivity contribution in [3.8, 4) is 0 Å². The van der Waals surface area contributed by atoms with Gasteiger partial charge in [-0.15, -0.1) is 0 Å². The Labute approximate surface area is 122 Å². The first-order chi connectivity index (χ1) is 9.46. The molecular formula is C17H26N2O. The van der Waals surface area contributed by atoms with Gasteiger partial charge >= 0.3 is 0 Å². The molecule has 0 heterocycles. The number of carbonyl (C=O) groups excluding carboxylic acids is 1. The lowest BCUT2D eigenvalue weighted by molar-refractivity contribution is -0.114. The van der Waals surface area contributed by atoms with Crippen molar-refractivity contribution in [1.82, 2.24) is 5.32 Å². The van der Waals surface area contributed by atoms with Gasteiger partial charge in [0.2, 0.25) is 5.91 Å². The minimum atomic E-state index is -0.0168. The number of anilines is 1. The number of hydrogen-bond acceptors (Lipinski definition) is 2. The van der Waals surface area contributed by atoms with Gasteiger partial charge in [0.25, 0.3) is 0 Å². The van der Waals surface area contributed by atoms with Crippen molar-refractivity contribution in [3.63, 3.8) is 0 Å². The summed E-state index contributed by atoms with van der Waals surface area (Å²) < 4.78 is 0. The van der Waals surface area contributed by atoms with Crippen LogP contribution in [0, 0.1) is 5.41 Å². The molecule has 110 valence electrons. The van der Waals surface area contributed by atoms with Crippen LogP contribution >= 0.6 is 0 Å². The first-order valence-corrected chi connectivity index (χ1v) is 7.55. The van der Waals surface area contributed by atoms with Crippen LogP contribution in [-0.4, -0.2) is 11.9 Å². The van der Waals surface area contributed by atoms with Gasteiger partial charge in [-0.25, -0.2) is 0 Å². The number of nitrogens with one attached hydrogen (secondary N) is 2. The van der Waals surface area contributed by atoms with Gasteiger partial charge in [-0.05, 0) is 42.7 Å². The predicted molar refractivity (Wildman–Crippen MR) is 83.6 cm³/mol.